The summed E-state index contributed by atoms with van der Waals surface area (Å²) in [4.78, 5) is 2.57. The third kappa shape index (κ3) is 3.28. The van der Waals surface area contributed by atoms with Crippen molar-refractivity contribution in [1.29, 1.82) is 0 Å². The molecule has 0 spiro atoms. The van der Waals surface area contributed by atoms with Crippen LogP contribution >= 0.6 is 11.8 Å². The summed E-state index contributed by atoms with van der Waals surface area (Å²) in [6, 6.07) is 7.11. The molecule has 2 rings (SSSR count). The van der Waals surface area contributed by atoms with Crippen molar-refractivity contribution in [3.63, 3.8) is 0 Å². The van der Waals surface area contributed by atoms with Crippen LogP contribution in [-0.2, 0) is 0 Å². The average Bonchev–Trinajstić information content (AvgIpc) is 2.64. The molecular formula is C15H24N2S. The summed E-state index contributed by atoms with van der Waals surface area (Å²) in [6.07, 6.45) is 1.28. The van der Waals surface area contributed by atoms with Gasteiger partial charge in [0.25, 0.3) is 0 Å². The molecule has 2 N–H and O–H groups in total. The molecule has 1 saturated heterocycles. The molecular weight excluding hydrogens is 240 g/mol. The van der Waals surface area contributed by atoms with Crippen LogP contribution in [0.2, 0.25) is 0 Å². The zero-order chi connectivity index (χ0) is 13.0. The summed E-state index contributed by atoms with van der Waals surface area (Å²) in [5.74, 6) is 2.53. The smallest absolute Gasteiger partial charge is 0.0473 e. The van der Waals surface area contributed by atoms with Gasteiger partial charge in [-0.1, -0.05) is 23.8 Å². The molecule has 1 aromatic carbocycles. The molecule has 1 aliphatic heterocycles. The fraction of sp³-hybridized carbons (Fsp3) is 0.600. The fourth-order valence-corrected chi connectivity index (χ4v) is 3.57. The Morgan fingerprint density at radius 3 is 2.89 bits per heavy atom. The van der Waals surface area contributed by atoms with Crippen LogP contribution in [-0.4, -0.2) is 36.0 Å². The van der Waals surface area contributed by atoms with Gasteiger partial charge in [0.2, 0.25) is 0 Å². The second kappa shape index (κ2) is 6.60. The van der Waals surface area contributed by atoms with E-state index in [9.17, 15) is 0 Å². The monoisotopic (exact) mass is 264 g/mol. The Kier molecular flexibility index (Phi) is 5.10. The van der Waals surface area contributed by atoms with Gasteiger partial charge in [-0.15, -0.1) is 0 Å². The first-order chi connectivity index (χ1) is 8.72. The lowest BCUT2D eigenvalue weighted by Gasteiger charge is -2.31. The SMILES string of the molecule is Cc1ccc(C)c(C(CN)N2CCCSCC2)c1. The van der Waals surface area contributed by atoms with E-state index in [1.807, 2.05) is 0 Å². The van der Waals surface area contributed by atoms with Gasteiger partial charge in [0.1, 0.15) is 0 Å². The Bertz CT molecular complexity index is 384. The second-order valence-electron chi connectivity index (χ2n) is 5.11. The standard InChI is InChI=1S/C15H24N2S/c1-12-4-5-13(2)14(10-12)15(11-16)17-6-3-8-18-9-7-17/h4-5,10,15H,3,6-9,11,16H2,1-2H3. The molecule has 1 aliphatic rings. The first-order valence-corrected chi connectivity index (χ1v) is 7.97. The molecule has 1 aromatic rings. The van der Waals surface area contributed by atoms with Crippen LogP contribution in [0.25, 0.3) is 0 Å². The van der Waals surface area contributed by atoms with Gasteiger partial charge in [0.15, 0.2) is 0 Å². The molecule has 1 unspecified atom stereocenters. The number of nitrogens with zero attached hydrogens (tertiary/aromatic N) is 1. The molecule has 1 heterocycles. The lowest BCUT2D eigenvalue weighted by Crippen LogP contribution is -2.35. The van der Waals surface area contributed by atoms with Crippen molar-refractivity contribution in [2.75, 3.05) is 31.1 Å². The van der Waals surface area contributed by atoms with Crippen molar-refractivity contribution < 1.29 is 0 Å². The van der Waals surface area contributed by atoms with E-state index in [0.29, 0.717) is 6.04 Å². The van der Waals surface area contributed by atoms with Gasteiger partial charge in [-0.05, 0) is 43.7 Å². The maximum atomic E-state index is 6.06. The highest BCUT2D eigenvalue weighted by atomic mass is 32.2. The van der Waals surface area contributed by atoms with E-state index >= 15 is 0 Å². The number of hydrogen-bond acceptors (Lipinski definition) is 3. The molecule has 100 valence electrons. The molecule has 0 radical (unpaired) electrons. The van der Waals surface area contributed by atoms with Crippen LogP contribution in [0.1, 0.15) is 29.2 Å². The summed E-state index contributed by atoms with van der Waals surface area (Å²) in [6.45, 7) is 7.43. The van der Waals surface area contributed by atoms with Crippen molar-refractivity contribution in [2.24, 2.45) is 5.73 Å². The van der Waals surface area contributed by atoms with Gasteiger partial charge in [0.05, 0.1) is 0 Å². The minimum Gasteiger partial charge on any atom is -0.329 e. The highest BCUT2D eigenvalue weighted by molar-refractivity contribution is 7.99. The quantitative estimate of drug-likeness (QED) is 0.910. The zero-order valence-electron chi connectivity index (χ0n) is 11.5. The van der Waals surface area contributed by atoms with Crippen LogP contribution in [0.5, 0.6) is 0 Å². The van der Waals surface area contributed by atoms with Gasteiger partial charge in [-0.2, -0.15) is 11.8 Å². The Morgan fingerprint density at radius 1 is 1.28 bits per heavy atom. The maximum Gasteiger partial charge on any atom is 0.0473 e. The van der Waals surface area contributed by atoms with Crippen LogP contribution in [0.4, 0.5) is 0 Å². The van der Waals surface area contributed by atoms with E-state index in [4.69, 9.17) is 5.73 Å². The van der Waals surface area contributed by atoms with Crippen molar-refractivity contribution in [3.05, 3.63) is 34.9 Å². The first kappa shape index (κ1) is 13.9. The predicted octanol–water partition coefficient (Wildman–Crippen LogP) is 2.74. The van der Waals surface area contributed by atoms with Gasteiger partial charge in [-0.25, -0.2) is 0 Å². The number of hydrogen-bond donors (Lipinski definition) is 1. The molecule has 1 fully saturated rings. The van der Waals surface area contributed by atoms with Crippen molar-refractivity contribution in [2.45, 2.75) is 26.3 Å². The molecule has 18 heavy (non-hydrogen) atoms. The minimum atomic E-state index is 0.392. The molecule has 0 saturated carbocycles. The van der Waals surface area contributed by atoms with Gasteiger partial charge < -0.3 is 5.73 Å². The van der Waals surface area contributed by atoms with Crippen molar-refractivity contribution in [3.8, 4) is 0 Å². The van der Waals surface area contributed by atoms with E-state index in [0.717, 1.165) is 6.54 Å². The lowest BCUT2D eigenvalue weighted by atomic mass is 9.97. The summed E-state index contributed by atoms with van der Waals surface area (Å²) >= 11 is 2.07. The van der Waals surface area contributed by atoms with Gasteiger partial charge in [-0.3, -0.25) is 4.90 Å². The third-order valence-electron chi connectivity index (χ3n) is 3.71. The molecule has 0 aliphatic carbocycles. The number of thioether (sulfide) groups is 1. The Morgan fingerprint density at radius 2 is 2.11 bits per heavy atom. The number of benzene rings is 1. The predicted molar refractivity (Wildman–Crippen MR) is 81.2 cm³/mol. The number of rotatable bonds is 3. The number of aryl methyl sites for hydroxylation is 2. The Hall–Kier alpha value is -0.510. The average molecular weight is 264 g/mol. The zero-order valence-corrected chi connectivity index (χ0v) is 12.3. The Balaban J connectivity index is 2.23. The van der Waals surface area contributed by atoms with Crippen LogP contribution < -0.4 is 5.73 Å². The van der Waals surface area contributed by atoms with Crippen LogP contribution in [0.3, 0.4) is 0 Å². The van der Waals surface area contributed by atoms with E-state index in [2.05, 4.69) is 48.7 Å². The van der Waals surface area contributed by atoms with E-state index < -0.39 is 0 Å². The number of nitrogens with two attached hydrogens (primary N) is 1. The molecule has 0 amide bonds. The molecule has 0 aromatic heterocycles. The van der Waals surface area contributed by atoms with Crippen molar-refractivity contribution >= 4 is 11.8 Å². The second-order valence-corrected chi connectivity index (χ2v) is 6.34. The summed E-state index contributed by atoms with van der Waals surface area (Å²) < 4.78 is 0. The van der Waals surface area contributed by atoms with Crippen LogP contribution in [0.15, 0.2) is 18.2 Å². The molecule has 0 bridgehead atoms. The molecule has 2 nitrogen and oxygen atoms in total. The first-order valence-electron chi connectivity index (χ1n) is 6.81. The third-order valence-corrected chi connectivity index (χ3v) is 4.76. The molecule has 1 atom stereocenters. The Labute approximate surface area is 115 Å². The fourth-order valence-electron chi connectivity index (χ4n) is 2.67. The topological polar surface area (TPSA) is 29.3 Å². The van der Waals surface area contributed by atoms with E-state index in [1.54, 1.807) is 0 Å². The maximum absolute atomic E-state index is 6.06. The van der Waals surface area contributed by atoms with Crippen molar-refractivity contribution in [1.82, 2.24) is 4.90 Å². The highest BCUT2D eigenvalue weighted by Gasteiger charge is 2.21. The van der Waals surface area contributed by atoms with Gasteiger partial charge in [0, 0.05) is 24.9 Å². The minimum absolute atomic E-state index is 0.392. The molecule has 3 heteroatoms. The van der Waals surface area contributed by atoms with Crippen LogP contribution in [0, 0.1) is 13.8 Å². The summed E-state index contributed by atoms with van der Waals surface area (Å²) in [5, 5.41) is 0. The highest BCUT2D eigenvalue weighted by Crippen LogP contribution is 2.26. The van der Waals surface area contributed by atoms with E-state index in [-0.39, 0.29) is 0 Å². The van der Waals surface area contributed by atoms with Gasteiger partial charge >= 0.3 is 0 Å². The largest absolute Gasteiger partial charge is 0.329 e. The van der Waals surface area contributed by atoms with E-state index in [1.165, 1.54) is 47.7 Å². The summed E-state index contributed by atoms with van der Waals surface area (Å²) in [7, 11) is 0. The normalized spacial score (nSPS) is 19.5. The lowest BCUT2D eigenvalue weighted by molar-refractivity contribution is 0.217. The summed E-state index contributed by atoms with van der Waals surface area (Å²) in [5.41, 5.74) is 10.2.